The van der Waals surface area contributed by atoms with E-state index in [0.717, 1.165) is 5.76 Å². The third-order valence-corrected chi connectivity index (χ3v) is 1.73. The van der Waals surface area contributed by atoms with E-state index in [0.29, 0.717) is 25.3 Å². The molecule has 1 rings (SSSR count). The Morgan fingerprint density at radius 2 is 2.53 bits per heavy atom. The number of aryl methyl sites for hydroxylation is 1. The average molecular weight is 209 g/mol. The number of nitrogens with zero attached hydrogens (tertiary/aromatic N) is 1. The molecule has 0 aliphatic carbocycles. The first-order valence-corrected chi connectivity index (χ1v) is 4.77. The van der Waals surface area contributed by atoms with Gasteiger partial charge in [0, 0.05) is 25.6 Å². The van der Waals surface area contributed by atoms with Crippen LogP contribution in [-0.2, 0) is 4.79 Å². The molecule has 1 amide bonds. The monoisotopic (exact) mass is 209 g/mol. The molecule has 2 N–H and O–H groups in total. The fourth-order valence-corrected chi connectivity index (χ4v) is 1.03. The van der Waals surface area contributed by atoms with Gasteiger partial charge < -0.3 is 15.2 Å². The zero-order valence-electron chi connectivity index (χ0n) is 8.75. The van der Waals surface area contributed by atoms with E-state index < -0.39 is 0 Å². The van der Waals surface area contributed by atoms with Crippen LogP contribution in [0.15, 0.2) is 23.2 Å². The molecular formula is C10H15N3O2. The molecule has 15 heavy (non-hydrogen) atoms. The summed E-state index contributed by atoms with van der Waals surface area (Å²) >= 11 is 0. The lowest BCUT2D eigenvalue weighted by atomic mass is 10.4. The summed E-state index contributed by atoms with van der Waals surface area (Å²) in [5, 5.41) is 9.41. The van der Waals surface area contributed by atoms with Gasteiger partial charge >= 0.3 is 0 Å². The molecule has 5 heteroatoms. The van der Waals surface area contributed by atoms with E-state index in [1.165, 1.54) is 0 Å². The van der Waals surface area contributed by atoms with Crippen molar-refractivity contribution in [3.8, 4) is 0 Å². The number of anilines is 1. The number of carbonyl (C=O) groups is 1. The number of carbonyl (C=O) groups excluding carboxylic acids is 1. The van der Waals surface area contributed by atoms with Crippen LogP contribution >= 0.6 is 0 Å². The van der Waals surface area contributed by atoms with Crippen molar-refractivity contribution in [1.29, 1.82) is 0 Å². The van der Waals surface area contributed by atoms with Gasteiger partial charge in [-0.1, -0.05) is 11.2 Å². The zero-order chi connectivity index (χ0) is 11.1. The van der Waals surface area contributed by atoms with Crippen LogP contribution < -0.4 is 10.6 Å². The van der Waals surface area contributed by atoms with Crippen LogP contribution in [0.1, 0.15) is 12.2 Å². The number of hydrogen-bond donors (Lipinski definition) is 2. The summed E-state index contributed by atoms with van der Waals surface area (Å²) in [4.78, 5) is 11.2. The maximum atomic E-state index is 11.2. The lowest BCUT2D eigenvalue weighted by Crippen LogP contribution is -2.25. The fourth-order valence-electron chi connectivity index (χ4n) is 1.03. The van der Waals surface area contributed by atoms with Gasteiger partial charge in [0.25, 0.3) is 0 Å². The van der Waals surface area contributed by atoms with Gasteiger partial charge in [0.1, 0.15) is 5.76 Å². The van der Waals surface area contributed by atoms with Crippen LogP contribution in [0.4, 0.5) is 5.82 Å². The maximum absolute atomic E-state index is 11.2. The molecule has 0 aromatic carbocycles. The third kappa shape index (κ3) is 4.30. The average Bonchev–Trinajstić information content (AvgIpc) is 2.61. The molecule has 0 aliphatic heterocycles. The van der Waals surface area contributed by atoms with E-state index in [2.05, 4.69) is 22.4 Å². The van der Waals surface area contributed by atoms with Crippen molar-refractivity contribution in [2.45, 2.75) is 13.3 Å². The summed E-state index contributed by atoms with van der Waals surface area (Å²) in [6.45, 7) is 6.36. The first-order valence-electron chi connectivity index (χ1n) is 4.77. The molecule has 0 unspecified atom stereocenters. The summed E-state index contributed by atoms with van der Waals surface area (Å²) < 4.78 is 4.86. The highest BCUT2D eigenvalue weighted by molar-refractivity contribution is 5.76. The lowest BCUT2D eigenvalue weighted by Gasteiger charge is -2.02. The molecule has 0 saturated heterocycles. The van der Waals surface area contributed by atoms with E-state index in [9.17, 15) is 4.79 Å². The highest BCUT2D eigenvalue weighted by atomic mass is 16.5. The number of hydrogen-bond acceptors (Lipinski definition) is 4. The summed E-state index contributed by atoms with van der Waals surface area (Å²) in [6, 6.07) is 1.78. The van der Waals surface area contributed by atoms with Crippen LogP contribution in [0.2, 0.25) is 0 Å². The quantitative estimate of drug-likeness (QED) is 0.688. The Labute approximate surface area is 88.5 Å². The Kier molecular flexibility index (Phi) is 4.40. The molecule has 0 bridgehead atoms. The minimum absolute atomic E-state index is 0.0115. The molecule has 1 aromatic rings. The van der Waals surface area contributed by atoms with Crippen LogP contribution in [0.3, 0.4) is 0 Å². The third-order valence-electron chi connectivity index (χ3n) is 1.73. The van der Waals surface area contributed by atoms with Gasteiger partial charge in [-0.05, 0) is 6.92 Å². The van der Waals surface area contributed by atoms with Gasteiger partial charge in [0.15, 0.2) is 5.82 Å². The van der Waals surface area contributed by atoms with E-state index in [-0.39, 0.29) is 5.91 Å². The molecule has 1 aromatic heterocycles. The van der Waals surface area contributed by atoms with Gasteiger partial charge in [-0.3, -0.25) is 4.79 Å². The molecule has 0 radical (unpaired) electrons. The standard InChI is InChI=1S/C10H15N3O2/c1-3-5-12-10(14)4-6-11-9-7-8(2)15-13-9/h3,7H,1,4-6H2,2H3,(H,11,13)(H,12,14). The summed E-state index contributed by atoms with van der Waals surface area (Å²) in [6.07, 6.45) is 2.05. The second-order valence-corrected chi connectivity index (χ2v) is 3.09. The van der Waals surface area contributed by atoms with Gasteiger partial charge in [0.05, 0.1) is 0 Å². The number of rotatable bonds is 6. The Morgan fingerprint density at radius 1 is 1.73 bits per heavy atom. The number of nitrogens with one attached hydrogen (secondary N) is 2. The Hall–Kier alpha value is -1.78. The maximum Gasteiger partial charge on any atom is 0.222 e. The predicted octanol–water partition coefficient (Wildman–Crippen LogP) is 1.09. The van der Waals surface area contributed by atoms with Crippen molar-refractivity contribution < 1.29 is 9.32 Å². The van der Waals surface area contributed by atoms with Gasteiger partial charge in [-0.15, -0.1) is 6.58 Å². The summed E-state index contributed by atoms with van der Waals surface area (Å²) in [5.41, 5.74) is 0. The Morgan fingerprint density at radius 3 is 3.13 bits per heavy atom. The second-order valence-electron chi connectivity index (χ2n) is 3.09. The topological polar surface area (TPSA) is 67.2 Å². The zero-order valence-corrected chi connectivity index (χ0v) is 8.75. The molecule has 0 atom stereocenters. The smallest absolute Gasteiger partial charge is 0.222 e. The van der Waals surface area contributed by atoms with Gasteiger partial charge in [-0.2, -0.15) is 0 Å². The summed E-state index contributed by atoms with van der Waals surface area (Å²) in [5.74, 6) is 1.39. The molecular weight excluding hydrogens is 194 g/mol. The van der Waals surface area contributed by atoms with E-state index in [1.54, 1.807) is 12.1 Å². The van der Waals surface area contributed by atoms with Crippen LogP contribution in [0.5, 0.6) is 0 Å². The van der Waals surface area contributed by atoms with Crippen molar-refractivity contribution in [3.05, 3.63) is 24.5 Å². The molecule has 0 spiro atoms. The van der Waals surface area contributed by atoms with Crippen molar-refractivity contribution in [3.63, 3.8) is 0 Å². The Bertz CT molecular complexity index is 333. The van der Waals surface area contributed by atoms with Gasteiger partial charge in [-0.25, -0.2) is 0 Å². The molecule has 0 saturated carbocycles. The number of amides is 1. The molecule has 5 nitrogen and oxygen atoms in total. The van der Waals surface area contributed by atoms with Crippen LogP contribution in [-0.4, -0.2) is 24.2 Å². The van der Waals surface area contributed by atoms with Gasteiger partial charge in [0.2, 0.25) is 5.91 Å². The van der Waals surface area contributed by atoms with Crippen molar-refractivity contribution in [2.75, 3.05) is 18.4 Å². The fraction of sp³-hybridized carbons (Fsp3) is 0.400. The van der Waals surface area contributed by atoms with Crippen LogP contribution in [0.25, 0.3) is 0 Å². The van der Waals surface area contributed by atoms with Crippen LogP contribution in [0, 0.1) is 6.92 Å². The highest BCUT2D eigenvalue weighted by Crippen LogP contribution is 2.06. The predicted molar refractivity (Wildman–Crippen MR) is 57.6 cm³/mol. The highest BCUT2D eigenvalue weighted by Gasteiger charge is 2.01. The molecule has 82 valence electrons. The minimum atomic E-state index is -0.0115. The summed E-state index contributed by atoms with van der Waals surface area (Å²) in [7, 11) is 0. The normalized spacial score (nSPS) is 9.67. The largest absolute Gasteiger partial charge is 0.367 e. The van der Waals surface area contributed by atoms with Crippen molar-refractivity contribution in [2.24, 2.45) is 0 Å². The first-order chi connectivity index (χ1) is 7.22. The molecule has 0 aliphatic rings. The van der Waals surface area contributed by atoms with E-state index in [4.69, 9.17) is 4.52 Å². The van der Waals surface area contributed by atoms with E-state index >= 15 is 0 Å². The lowest BCUT2D eigenvalue weighted by molar-refractivity contribution is -0.120. The second kappa shape index (κ2) is 5.85. The molecule has 1 heterocycles. The first kappa shape index (κ1) is 11.3. The molecule has 0 fully saturated rings. The number of aromatic nitrogens is 1. The Balaban J connectivity index is 2.16. The van der Waals surface area contributed by atoms with E-state index in [1.807, 2.05) is 6.92 Å². The SMILES string of the molecule is C=CCNC(=O)CCNc1cc(C)on1. The van der Waals surface area contributed by atoms with Crippen molar-refractivity contribution in [1.82, 2.24) is 10.5 Å². The van der Waals surface area contributed by atoms with Crippen molar-refractivity contribution >= 4 is 11.7 Å². The minimum Gasteiger partial charge on any atom is -0.367 e.